The number of rotatable bonds is 6. The molecule has 2 rings (SSSR count). The van der Waals surface area contributed by atoms with E-state index in [1.54, 1.807) is 23.2 Å². The third-order valence-corrected chi connectivity index (χ3v) is 4.07. The third kappa shape index (κ3) is 5.16. The second kappa shape index (κ2) is 8.61. The Labute approximate surface area is 152 Å². The first-order valence-corrected chi connectivity index (χ1v) is 8.29. The van der Waals surface area contributed by atoms with Crippen LogP contribution in [0.25, 0.3) is 0 Å². The monoisotopic (exact) mass is 364 g/mol. The Hall–Kier alpha value is -2.68. The number of nitrogens with zero attached hydrogens (tertiary/aromatic N) is 4. The minimum absolute atomic E-state index is 0.130. The summed E-state index contributed by atoms with van der Waals surface area (Å²) >= 11 is 0. The van der Waals surface area contributed by atoms with Gasteiger partial charge in [0, 0.05) is 52.4 Å². The summed E-state index contributed by atoms with van der Waals surface area (Å²) in [5, 5.41) is 8.91. The molecular weight excluding hydrogens is 340 g/mol. The van der Waals surface area contributed by atoms with Crippen LogP contribution in [-0.2, 0) is 14.3 Å². The molecule has 1 aliphatic rings. The van der Waals surface area contributed by atoms with Crippen LogP contribution in [0.15, 0.2) is 18.3 Å². The van der Waals surface area contributed by atoms with Gasteiger partial charge in [0.15, 0.2) is 0 Å². The van der Waals surface area contributed by atoms with Crippen molar-refractivity contribution in [3.05, 3.63) is 23.9 Å². The van der Waals surface area contributed by atoms with Gasteiger partial charge >= 0.3 is 5.97 Å². The van der Waals surface area contributed by atoms with E-state index in [9.17, 15) is 14.4 Å². The smallest absolute Gasteiger partial charge is 0.323 e. The number of carboxylic acids is 1. The molecule has 1 unspecified atom stereocenters. The molecule has 0 aliphatic carbocycles. The van der Waals surface area contributed by atoms with Crippen molar-refractivity contribution in [2.24, 2.45) is 0 Å². The zero-order chi connectivity index (χ0) is 19.3. The van der Waals surface area contributed by atoms with Crippen LogP contribution in [0, 0.1) is 0 Å². The number of carbonyl (C=O) groups is 3. The number of anilines is 1. The van der Waals surface area contributed by atoms with Crippen LogP contribution in [-0.4, -0.2) is 90.7 Å². The lowest BCUT2D eigenvalue weighted by molar-refractivity contribution is -0.145. The van der Waals surface area contributed by atoms with Gasteiger partial charge in [-0.1, -0.05) is 0 Å². The zero-order valence-corrected chi connectivity index (χ0v) is 15.2. The van der Waals surface area contributed by atoms with E-state index in [1.165, 1.54) is 11.8 Å². The summed E-state index contributed by atoms with van der Waals surface area (Å²) in [5.41, 5.74) is 0.526. The molecule has 1 N–H and O–H groups in total. The summed E-state index contributed by atoms with van der Waals surface area (Å²) in [6.45, 7) is 2.12. The number of hydrogen-bond acceptors (Lipinski definition) is 6. The van der Waals surface area contributed by atoms with Gasteiger partial charge in [-0.25, -0.2) is 4.98 Å². The average molecular weight is 364 g/mol. The summed E-state index contributed by atoms with van der Waals surface area (Å²) in [4.78, 5) is 44.1. The Bertz CT molecular complexity index is 679. The predicted molar refractivity (Wildman–Crippen MR) is 94.1 cm³/mol. The summed E-state index contributed by atoms with van der Waals surface area (Å²) in [7, 11) is 3.69. The van der Waals surface area contributed by atoms with Gasteiger partial charge in [0.25, 0.3) is 5.91 Å². The van der Waals surface area contributed by atoms with E-state index in [1.807, 2.05) is 19.0 Å². The molecule has 2 heterocycles. The van der Waals surface area contributed by atoms with E-state index in [0.717, 1.165) is 0 Å². The van der Waals surface area contributed by atoms with Crippen LogP contribution < -0.4 is 4.90 Å². The lowest BCUT2D eigenvalue weighted by Crippen LogP contribution is -2.51. The molecule has 0 saturated carbocycles. The lowest BCUT2D eigenvalue weighted by Gasteiger charge is -2.35. The first kappa shape index (κ1) is 19.6. The van der Waals surface area contributed by atoms with Crippen LogP contribution in [0.3, 0.4) is 0 Å². The first-order valence-electron chi connectivity index (χ1n) is 8.29. The number of morpholine rings is 1. The van der Waals surface area contributed by atoms with E-state index in [0.29, 0.717) is 31.1 Å². The van der Waals surface area contributed by atoms with E-state index in [-0.39, 0.29) is 24.9 Å². The second-order valence-corrected chi connectivity index (χ2v) is 6.33. The number of aliphatic carboxylic acids is 1. The maximum Gasteiger partial charge on any atom is 0.323 e. The molecule has 9 nitrogen and oxygen atoms in total. The molecule has 1 aromatic rings. The molecular formula is C17H24N4O5. The van der Waals surface area contributed by atoms with Crippen molar-refractivity contribution in [1.29, 1.82) is 0 Å². The highest BCUT2D eigenvalue weighted by atomic mass is 16.5. The second-order valence-electron chi connectivity index (χ2n) is 6.33. The van der Waals surface area contributed by atoms with Crippen molar-refractivity contribution >= 4 is 23.6 Å². The Morgan fingerprint density at radius 1 is 1.38 bits per heavy atom. The van der Waals surface area contributed by atoms with Gasteiger partial charge in [0.1, 0.15) is 12.4 Å². The van der Waals surface area contributed by atoms with Crippen molar-refractivity contribution in [2.45, 2.75) is 13.0 Å². The van der Waals surface area contributed by atoms with E-state index in [2.05, 4.69) is 4.98 Å². The van der Waals surface area contributed by atoms with Crippen molar-refractivity contribution in [1.82, 2.24) is 14.8 Å². The average Bonchev–Trinajstić information content (AvgIpc) is 2.60. The van der Waals surface area contributed by atoms with Gasteiger partial charge in [-0.05, 0) is 12.1 Å². The highest BCUT2D eigenvalue weighted by Crippen LogP contribution is 2.15. The number of hydrogen-bond donors (Lipinski definition) is 1. The minimum atomic E-state index is -1.09. The molecule has 142 valence electrons. The number of amides is 2. The Morgan fingerprint density at radius 3 is 2.73 bits per heavy atom. The van der Waals surface area contributed by atoms with Gasteiger partial charge in [-0.3, -0.25) is 14.4 Å². The molecule has 1 fully saturated rings. The maximum absolute atomic E-state index is 12.8. The summed E-state index contributed by atoms with van der Waals surface area (Å²) in [5.74, 6) is -0.887. The fourth-order valence-corrected chi connectivity index (χ4v) is 2.71. The molecule has 1 saturated heterocycles. The molecule has 1 atom stereocenters. The third-order valence-electron chi connectivity index (χ3n) is 4.07. The molecule has 0 spiro atoms. The topological polar surface area (TPSA) is 103 Å². The van der Waals surface area contributed by atoms with Gasteiger partial charge in [0.05, 0.1) is 12.7 Å². The van der Waals surface area contributed by atoms with Crippen molar-refractivity contribution in [2.75, 3.05) is 51.8 Å². The Balaban J connectivity index is 2.05. The largest absolute Gasteiger partial charge is 0.480 e. The number of aromatic nitrogens is 1. The Kier molecular flexibility index (Phi) is 6.51. The van der Waals surface area contributed by atoms with Gasteiger partial charge < -0.3 is 24.5 Å². The zero-order valence-electron chi connectivity index (χ0n) is 15.2. The van der Waals surface area contributed by atoms with Gasteiger partial charge in [0.2, 0.25) is 5.91 Å². The number of ether oxygens (including phenoxy) is 1. The van der Waals surface area contributed by atoms with Crippen LogP contribution >= 0.6 is 0 Å². The highest BCUT2D eigenvalue weighted by Gasteiger charge is 2.28. The van der Waals surface area contributed by atoms with Gasteiger partial charge in [-0.2, -0.15) is 0 Å². The van der Waals surface area contributed by atoms with Crippen LogP contribution in [0.2, 0.25) is 0 Å². The normalized spacial score (nSPS) is 16.9. The molecule has 0 aromatic carbocycles. The highest BCUT2D eigenvalue weighted by molar-refractivity contribution is 5.95. The molecule has 0 radical (unpaired) electrons. The summed E-state index contributed by atoms with van der Waals surface area (Å²) < 4.78 is 5.62. The number of pyridine rings is 1. The first-order chi connectivity index (χ1) is 12.3. The van der Waals surface area contributed by atoms with Gasteiger partial charge in [-0.15, -0.1) is 0 Å². The fourth-order valence-electron chi connectivity index (χ4n) is 2.71. The van der Waals surface area contributed by atoms with E-state index < -0.39 is 12.1 Å². The number of carbonyl (C=O) groups excluding carboxylic acids is 2. The maximum atomic E-state index is 12.8. The van der Waals surface area contributed by atoms with Crippen LogP contribution in [0.5, 0.6) is 0 Å². The van der Waals surface area contributed by atoms with Crippen molar-refractivity contribution in [3.63, 3.8) is 0 Å². The molecule has 0 bridgehead atoms. The predicted octanol–water partition coefficient (Wildman–Crippen LogP) is -0.0783. The minimum Gasteiger partial charge on any atom is -0.480 e. The molecule has 1 aromatic heterocycles. The number of carboxylic acid groups (broad SMARTS) is 1. The summed E-state index contributed by atoms with van der Waals surface area (Å²) in [6, 6.07) is 3.38. The molecule has 9 heteroatoms. The Morgan fingerprint density at radius 2 is 2.12 bits per heavy atom. The summed E-state index contributed by atoms with van der Waals surface area (Å²) in [6.07, 6.45) is 1.16. The van der Waals surface area contributed by atoms with Crippen molar-refractivity contribution < 1.29 is 24.2 Å². The van der Waals surface area contributed by atoms with Crippen LogP contribution in [0.4, 0.5) is 5.82 Å². The quantitative estimate of drug-likeness (QED) is 0.753. The van der Waals surface area contributed by atoms with Crippen LogP contribution in [0.1, 0.15) is 17.3 Å². The molecule has 2 amide bonds. The van der Waals surface area contributed by atoms with E-state index >= 15 is 0 Å². The standard InChI is InChI=1S/C17H24N4O5/c1-12(22)21(11-16(23)24)10-14-9-20(6-7-26-14)17(25)13-4-5-18-15(8-13)19(2)3/h4-5,8,14H,6-7,9-11H2,1-3H3,(H,23,24). The molecule has 1 aliphatic heterocycles. The fraction of sp³-hybridized carbons (Fsp3) is 0.529. The molecule has 26 heavy (non-hydrogen) atoms. The SMILES string of the molecule is CC(=O)N(CC(=O)O)CC1CN(C(=O)c2ccnc(N(C)C)c2)CCO1. The van der Waals surface area contributed by atoms with Crippen molar-refractivity contribution in [3.8, 4) is 0 Å². The lowest BCUT2D eigenvalue weighted by atomic mass is 10.2. The van der Waals surface area contributed by atoms with E-state index in [4.69, 9.17) is 9.84 Å².